The molecule has 0 aliphatic carbocycles. The van der Waals surface area contributed by atoms with E-state index in [0.717, 1.165) is 31.0 Å². The van der Waals surface area contributed by atoms with Gasteiger partial charge < -0.3 is 5.32 Å². The SMILES string of the molecule is CCCNCC(Cc1cccc(C)c1)c1cccc(Cl)c1. The van der Waals surface area contributed by atoms with E-state index in [1.807, 2.05) is 12.1 Å². The molecule has 1 nitrogen and oxygen atoms in total. The lowest BCUT2D eigenvalue weighted by Gasteiger charge is -2.19. The molecule has 0 saturated heterocycles. The Labute approximate surface area is 133 Å². The van der Waals surface area contributed by atoms with Crippen LogP contribution in [0.1, 0.15) is 36.0 Å². The Morgan fingerprint density at radius 1 is 1.10 bits per heavy atom. The van der Waals surface area contributed by atoms with Crippen LogP contribution in [-0.4, -0.2) is 13.1 Å². The predicted octanol–water partition coefficient (Wildman–Crippen LogP) is 4.97. The fourth-order valence-corrected chi connectivity index (χ4v) is 2.84. The molecule has 0 amide bonds. The van der Waals surface area contributed by atoms with Crippen LogP contribution < -0.4 is 5.32 Å². The predicted molar refractivity (Wildman–Crippen MR) is 92.2 cm³/mol. The zero-order valence-electron chi connectivity index (χ0n) is 12.9. The number of benzene rings is 2. The lowest BCUT2D eigenvalue weighted by atomic mass is 9.91. The first kappa shape index (κ1) is 16.1. The Morgan fingerprint density at radius 3 is 2.62 bits per heavy atom. The van der Waals surface area contributed by atoms with E-state index < -0.39 is 0 Å². The molecule has 112 valence electrons. The molecule has 2 rings (SSSR count). The Bertz CT molecular complexity index is 565. The Hall–Kier alpha value is -1.31. The monoisotopic (exact) mass is 301 g/mol. The van der Waals surface area contributed by atoms with Gasteiger partial charge in [0.25, 0.3) is 0 Å². The average molecular weight is 302 g/mol. The van der Waals surface area contributed by atoms with E-state index in [4.69, 9.17) is 11.6 Å². The quantitative estimate of drug-likeness (QED) is 0.712. The number of rotatable bonds is 7. The van der Waals surface area contributed by atoms with Crippen molar-refractivity contribution < 1.29 is 0 Å². The number of hydrogen-bond donors (Lipinski definition) is 1. The smallest absolute Gasteiger partial charge is 0.0408 e. The molecule has 0 aliphatic heterocycles. The summed E-state index contributed by atoms with van der Waals surface area (Å²) in [6, 6.07) is 17.0. The van der Waals surface area contributed by atoms with Crippen molar-refractivity contribution in [1.82, 2.24) is 5.32 Å². The van der Waals surface area contributed by atoms with Crippen LogP contribution in [0.5, 0.6) is 0 Å². The number of nitrogens with one attached hydrogen (secondary N) is 1. The second-order valence-electron chi connectivity index (χ2n) is 5.65. The number of aryl methyl sites for hydroxylation is 1. The van der Waals surface area contributed by atoms with Crippen LogP contribution in [0.4, 0.5) is 0 Å². The highest BCUT2D eigenvalue weighted by Crippen LogP contribution is 2.23. The van der Waals surface area contributed by atoms with E-state index in [0.29, 0.717) is 5.92 Å². The van der Waals surface area contributed by atoms with Crippen molar-refractivity contribution in [2.24, 2.45) is 0 Å². The summed E-state index contributed by atoms with van der Waals surface area (Å²) < 4.78 is 0. The number of halogens is 1. The minimum absolute atomic E-state index is 0.456. The molecule has 0 heterocycles. The normalized spacial score (nSPS) is 12.3. The first-order valence-electron chi connectivity index (χ1n) is 7.70. The van der Waals surface area contributed by atoms with Crippen LogP contribution in [0, 0.1) is 6.92 Å². The van der Waals surface area contributed by atoms with Gasteiger partial charge in [0.1, 0.15) is 0 Å². The van der Waals surface area contributed by atoms with Gasteiger partial charge in [0, 0.05) is 17.5 Å². The molecule has 1 N–H and O–H groups in total. The van der Waals surface area contributed by atoms with E-state index in [1.165, 1.54) is 16.7 Å². The molecule has 1 unspecified atom stereocenters. The van der Waals surface area contributed by atoms with Gasteiger partial charge in [-0.2, -0.15) is 0 Å². The molecule has 0 aromatic heterocycles. The molecule has 0 aliphatic rings. The standard InChI is InChI=1S/C19H24ClN/c1-3-10-21-14-18(17-8-5-9-19(20)13-17)12-16-7-4-6-15(2)11-16/h4-9,11,13,18,21H,3,10,12,14H2,1-2H3. The highest BCUT2D eigenvalue weighted by molar-refractivity contribution is 6.30. The molecule has 0 radical (unpaired) electrons. The van der Waals surface area contributed by atoms with Gasteiger partial charge in [0.15, 0.2) is 0 Å². The topological polar surface area (TPSA) is 12.0 Å². The fourth-order valence-electron chi connectivity index (χ4n) is 2.65. The van der Waals surface area contributed by atoms with Crippen LogP contribution in [0.15, 0.2) is 48.5 Å². The van der Waals surface area contributed by atoms with Crippen molar-refractivity contribution in [3.8, 4) is 0 Å². The minimum Gasteiger partial charge on any atom is -0.316 e. The Kier molecular flexibility index (Phi) is 6.28. The summed E-state index contributed by atoms with van der Waals surface area (Å²) in [5.41, 5.74) is 4.02. The highest BCUT2D eigenvalue weighted by atomic mass is 35.5. The largest absolute Gasteiger partial charge is 0.316 e. The number of hydrogen-bond acceptors (Lipinski definition) is 1. The average Bonchev–Trinajstić information content (AvgIpc) is 2.46. The molecular formula is C19H24ClN. The molecule has 2 heteroatoms. The van der Waals surface area contributed by atoms with Crippen molar-refractivity contribution in [3.05, 3.63) is 70.2 Å². The van der Waals surface area contributed by atoms with Gasteiger partial charge in [-0.3, -0.25) is 0 Å². The van der Waals surface area contributed by atoms with Crippen molar-refractivity contribution in [2.45, 2.75) is 32.6 Å². The maximum atomic E-state index is 6.16. The summed E-state index contributed by atoms with van der Waals surface area (Å²) in [4.78, 5) is 0. The van der Waals surface area contributed by atoms with E-state index in [9.17, 15) is 0 Å². The second kappa shape index (κ2) is 8.21. The van der Waals surface area contributed by atoms with Gasteiger partial charge in [0.05, 0.1) is 0 Å². The minimum atomic E-state index is 0.456. The van der Waals surface area contributed by atoms with Gasteiger partial charge in [-0.1, -0.05) is 60.5 Å². The van der Waals surface area contributed by atoms with Crippen LogP contribution in [0.2, 0.25) is 5.02 Å². The summed E-state index contributed by atoms with van der Waals surface area (Å²) in [6.07, 6.45) is 2.20. The molecule has 2 aromatic rings. The molecule has 2 aromatic carbocycles. The van der Waals surface area contributed by atoms with Crippen LogP contribution >= 0.6 is 11.6 Å². The summed E-state index contributed by atoms with van der Waals surface area (Å²) in [6.45, 7) is 6.39. The van der Waals surface area contributed by atoms with Gasteiger partial charge in [-0.25, -0.2) is 0 Å². The van der Waals surface area contributed by atoms with Crippen LogP contribution in [0.3, 0.4) is 0 Å². The van der Waals surface area contributed by atoms with E-state index in [-0.39, 0.29) is 0 Å². The third-order valence-electron chi connectivity index (χ3n) is 3.70. The summed E-state index contributed by atoms with van der Waals surface area (Å²) in [7, 11) is 0. The van der Waals surface area contributed by atoms with Crippen molar-refractivity contribution in [1.29, 1.82) is 0 Å². The molecule has 0 bridgehead atoms. The third-order valence-corrected chi connectivity index (χ3v) is 3.94. The summed E-state index contributed by atoms with van der Waals surface area (Å²) in [5.74, 6) is 0.456. The first-order valence-corrected chi connectivity index (χ1v) is 8.08. The molecule has 0 spiro atoms. The molecule has 0 fully saturated rings. The third kappa shape index (κ3) is 5.18. The summed E-state index contributed by atoms with van der Waals surface area (Å²) in [5, 5.41) is 4.36. The van der Waals surface area contributed by atoms with Gasteiger partial charge in [-0.05, 0) is 49.6 Å². The van der Waals surface area contributed by atoms with Gasteiger partial charge in [-0.15, -0.1) is 0 Å². The zero-order valence-corrected chi connectivity index (χ0v) is 13.7. The first-order chi connectivity index (χ1) is 10.2. The zero-order chi connectivity index (χ0) is 15.1. The summed E-state index contributed by atoms with van der Waals surface area (Å²) >= 11 is 6.16. The second-order valence-corrected chi connectivity index (χ2v) is 6.09. The van der Waals surface area contributed by atoms with Gasteiger partial charge in [0.2, 0.25) is 0 Å². The fraction of sp³-hybridized carbons (Fsp3) is 0.368. The van der Waals surface area contributed by atoms with E-state index >= 15 is 0 Å². The van der Waals surface area contributed by atoms with E-state index in [2.05, 4.69) is 55.6 Å². The lowest BCUT2D eigenvalue weighted by molar-refractivity contribution is 0.576. The lowest BCUT2D eigenvalue weighted by Crippen LogP contribution is -2.23. The van der Waals surface area contributed by atoms with Crippen molar-refractivity contribution in [2.75, 3.05) is 13.1 Å². The Morgan fingerprint density at radius 2 is 1.90 bits per heavy atom. The van der Waals surface area contributed by atoms with Gasteiger partial charge >= 0.3 is 0 Å². The molecule has 0 saturated carbocycles. The maximum Gasteiger partial charge on any atom is 0.0408 e. The Balaban J connectivity index is 2.15. The van der Waals surface area contributed by atoms with E-state index in [1.54, 1.807) is 0 Å². The van der Waals surface area contributed by atoms with Crippen LogP contribution in [0.25, 0.3) is 0 Å². The molecular weight excluding hydrogens is 278 g/mol. The van der Waals surface area contributed by atoms with Crippen molar-refractivity contribution >= 4 is 11.6 Å². The molecule has 1 atom stereocenters. The maximum absolute atomic E-state index is 6.16. The highest BCUT2D eigenvalue weighted by Gasteiger charge is 2.12. The molecule has 21 heavy (non-hydrogen) atoms. The van der Waals surface area contributed by atoms with Crippen molar-refractivity contribution in [3.63, 3.8) is 0 Å². The van der Waals surface area contributed by atoms with Crippen LogP contribution in [-0.2, 0) is 6.42 Å².